The Labute approximate surface area is 214 Å². The van der Waals surface area contributed by atoms with Gasteiger partial charge >= 0.3 is 216 Å². The molecule has 0 radical (unpaired) electrons. The zero-order valence-corrected chi connectivity index (χ0v) is 22.3. The van der Waals surface area contributed by atoms with E-state index in [4.69, 9.17) is 14.5 Å². The third kappa shape index (κ3) is 6.34. The number of aromatic nitrogens is 1. The Morgan fingerprint density at radius 3 is 2.70 bits per heavy atom. The van der Waals surface area contributed by atoms with Gasteiger partial charge in [0.2, 0.25) is 0 Å². The number of rotatable bonds is 7. The number of hydrogen-bond donors (Lipinski definition) is 0. The molecule has 3 heterocycles. The van der Waals surface area contributed by atoms with E-state index in [9.17, 15) is 0 Å². The van der Waals surface area contributed by atoms with Gasteiger partial charge in [0.15, 0.2) is 0 Å². The molecule has 5 rings (SSSR count). The normalized spacial score (nSPS) is 16.9. The fourth-order valence-electron chi connectivity index (χ4n) is 3.41. The Kier molecular flexibility index (Phi) is 7.92. The van der Waals surface area contributed by atoms with Crippen LogP contribution in [0.4, 0.5) is 0 Å². The van der Waals surface area contributed by atoms with Crippen molar-refractivity contribution >= 4 is 31.8 Å². The summed E-state index contributed by atoms with van der Waals surface area (Å²) in [5.74, 6) is 0.903. The van der Waals surface area contributed by atoms with Crippen molar-refractivity contribution in [2.75, 3.05) is 26.3 Å². The first kappa shape index (κ1) is 22.8. The summed E-state index contributed by atoms with van der Waals surface area (Å²) in [5.41, 5.74) is 2.41. The average Bonchev–Trinajstić information content (AvgIpc) is 2.89. The molecule has 3 aromatic rings. The first-order valence-corrected chi connectivity index (χ1v) is 15.1. The van der Waals surface area contributed by atoms with E-state index in [1.807, 2.05) is 42.7 Å². The molecule has 1 saturated heterocycles. The van der Waals surface area contributed by atoms with Gasteiger partial charge in [0.1, 0.15) is 0 Å². The van der Waals surface area contributed by atoms with Gasteiger partial charge in [-0.25, -0.2) is 0 Å². The molecule has 170 valence electrons. The number of nitrogens with zero attached hydrogens (tertiary/aromatic N) is 3. The zero-order chi connectivity index (χ0) is 22.3. The van der Waals surface area contributed by atoms with Crippen LogP contribution in [0.5, 0.6) is 5.75 Å². The Morgan fingerprint density at radius 1 is 1.00 bits per heavy atom. The first-order chi connectivity index (χ1) is 16.3. The molecule has 1 aromatic heterocycles. The number of ether oxygens (including phenoxy) is 2. The Morgan fingerprint density at radius 2 is 1.88 bits per heavy atom. The van der Waals surface area contributed by atoms with Gasteiger partial charge in [-0.3, -0.25) is 0 Å². The van der Waals surface area contributed by atoms with E-state index in [1.165, 1.54) is 25.8 Å². The van der Waals surface area contributed by atoms with E-state index in [-0.39, 0.29) is 20.7 Å². The van der Waals surface area contributed by atoms with Crippen LogP contribution in [0.15, 0.2) is 90.2 Å². The molecule has 0 aliphatic carbocycles. The number of morpholine rings is 1. The van der Waals surface area contributed by atoms with Gasteiger partial charge in [0.05, 0.1) is 0 Å². The van der Waals surface area contributed by atoms with Crippen LogP contribution in [-0.4, -0.2) is 43.7 Å². The van der Waals surface area contributed by atoms with E-state index in [2.05, 4.69) is 52.4 Å². The monoisotopic (exact) mass is 664 g/mol. The third-order valence-corrected chi connectivity index (χ3v) is 10.4. The molecule has 0 unspecified atom stereocenters. The van der Waals surface area contributed by atoms with E-state index in [1.54, 1.807) is 0 Å². The summed E-state index contributed by atoms with van der Waals surface area (Å²) in [6.45, 7) is 3.97. The Hall–Kier alpha value is -1.95. The molecule has 5 nitrogen and oxygen atoms in total. The van der Waals surface area contributed by atoms with E-state index in [0.29, 0.717) is 6.61 Å². The van der Waals surface area contributed by atoms with Gasteiger partial charge in [-0.05, 0) is 0 Å². The molecule has 0 amide bonds. The maximum absolute atomic E-state index is 6.11. The van der Waals surface area contributed by atoms with Crippen molar-refractivity contribution in [2.45, 2.75) is 6.61 Å². The zero-order valence-electron chi connectivity index (χ0n) is 18.0. The maximum atomic E-state index is 6.11. The quantitative estimate of drug-likeness (QED) is 0.362. The first-order valence-electron chi connectivity index (χ1n) is 10.8. The van der Waals surface area contributed by atoms with Gasteiger partial charge in [-0.2, -0.15) is 0 Å². The number of hydrogen-bond acceptors (Lipinski definition) is 5. The van der Waals surface area contributed by atoms with Crippen LogP contribution in [0.1, 0.15) is 11.1 Å². The fourth-order valence-corrected chi connectivity index (χ4v) is 9.43. The molecule has 0 bridgehead atoms. The molecule has 0 atom stereocenters. The van der Waals surface area contributed by atoms with Gasteiger partial charge < -0.3 is 0 Å². The average molecular weight is 664 g/mol. The molecule has 2 aliphatic heterocycles. The summed E-state index contributed by atoms with van der Waals surface area (Å²) in [7, 11) is 0. The number of allylic oxidation sites excluding steroid dienone is 1. The summed E-state index contributed by atoms with van der Waals surface area (Å²) in [5, 5.41) is 0. The van der Waals surface area contributed by atoms with Crippen molar-refractivity contribution in [3.63, 3.8) is 0 Å². The van der Waals surface area contributed by atoms with E-state index < -0.39 is 21.2 Å². The predicted octanol–water partition coefficient (Wildman–Crippen LogP) is 1.76. The summed E-state index contributed by atoms with van der Waals surface area (Å²) < 4.78 is 16.8. The second kappa shape index (κ2) is 11.5. The van der Waals surface area contributed by atoms with Gasteiger partial charge in [-0.15, -0.1) is 0 Å². The van der Waals surface area contributed by atoms with Crippen molar-refractivity contribution < 1.29 is 30.7 Å². The molecule has 33 heavy (non-hydrogen) atoms. The molecule has 2 aromatic carbocycles. The van der Waals surface area contributed by atoms with Crippen molar-refractivity contribution in [1.29, 1.82) is 0 Å². The van der Waals surface area contributed by atoms with Gasteiger partial charge in [-0.1, -0.05) is 0 Å². The number of halogens is 2. The summed E-state index contributed by atoms with van der Waals surface area (Å²) in [4.78, 5) is 11.9. The molecule has 0 spiro atoms. The summed E-state index contributed by atoms with van der Waals surface area (Å²) >= 11 is -0.775. The molecular formula is C26H24I2N3O2-. The second-order valence-corrected chi connectivity index (χ2v) is 13.0. The fraction of sp³-hybridized carbons (Fsp3) is 0.192. The summed E-state index contributed by atoms with van der Waals surface area (Å²) in [6, 6.07) is 23.0. The molecule has 7 heteroatoms. The third-order valence-electron chi connectivity index (χ3n) is 5.09. The van der Waals surface area contributed by atoms with Crippen molar-refractivity contribution in [1.82, 2.24) is 9.88 Å². The minimum atomic E-state index is -0.390. The number of pyridine rings is 1. The standard InChI is InChI=1S/C26H24I2N3O2/c1-2-6-20(7-3-1)19-33-23-10-4-8-21(16-23)24-17-25(27-22-9-5-11-29-18-22)30-26(28-24)31-12-14-32-15-13-31/h1-11,16-18H,12-15,19H2/q-1. The van der Waals surface area contributed by atoms with Crippen LogP contribution >= 0.6 is 20.7 Å². The van der Waals surface area contributed by atoms with Crippen LogP contribution in [0.3, 0.4) is 0 Å². The minimum absolute atomic E-state index is 0.384. The molecular weight excluding hydrogens is 640 g/mol. The molecule has 1 fully saturated rings. The van der Waals surface area contributed by atoms with Crippen LogP contribution in [0, 0.1) is 3.57 Å². The topological polar surface area (TPSA) is 47.0 Å². The van der Waals surface area contributed by atoms with Crippen molar-refractivity contribution in [3.8, 4) is 5.75 Å². The number of benzene rings is 2. The van der Waals surface area contributed by atoms with Gasteiger partial charge in [0, 0.05) is 0 Å². The van der Waals surface area contributed by atoms with Crippen LogP contribution in [0.25, 0.3) is 3.58 Å². The predicted molar refractivity (Wildman–Crippen MR) is 137 cm³/mol. The molecule has 0 N–H and O–H groups in total. The van der Waals surface area contributed by atoms with E-state index >= 15 is 0 Å². The van der Waals surface area contributed by atoms with Gasteiger partial charge in [0.25, 0.3) is 0 Å². The van der Waals surface area contributed by atoms with Crippen molar-refractivity contribution in [2.24, 2.45) is 4.99 Å². The SMILES string of the molecule is C1=C(c2cccc(OCc3ccccc3)c2)I=C(N2CCOCC2)N=C1[I-]c1cccnc1. The summed E-state index contributed by atoms with van der Waals surface area (Å²) in [6.07, 6.45) is 6.13. The molecule has 2 aliphatic rings. The van der Waals surface area contributed by atoms with Crippen LogP contribution in [0.2, 0.25) is 0 Å². The number of aliphatic imine (C=N–C) groups is 1. The van der Waals surface area contributed by atoms with Crippen molar-refractivity contribution in [3.05, 3.63) is 99.9 Å². The van der Waals surface area contributed by atoms with Crippen LogP contribution in [-0.2, 0) is 11.3 Å². The van der Waals surface area contributed by atoms with Crippen LogP contribution < -0.4 is 25.9 Å². The Balaban J connectivity index is 1.41. The van der Waals surface area contributed by atoms with E-state index in [0.717, 1.165) is 32.1 Å². The molecule has 0 saturated carbocycles. The Bertz CT molecular complexity index is 1170. The second-order valence-electron chi connectivity index (χ2n) is 7.46.